The molecule has 10 nitrogen and oxygen atoms in total. The zero-order chi connectivity index (χ0) is 24.3. The molecule has 0 aliphatic rings. The van der Waals surface area contributed by atoms with Gasteiger partial charge < -0.3 is 25.5 Å². The quantitative estimate of drug-likeness (QED) is 0.299. The molecule has 0 unspecified atom stereocenters. The molecule has 0 radical (unpaired) electrons. The lowest BCUT2D eigenvalue weighted by molar-refractivity contribution is -0.144. The maximum absolute atomic E-state index is 12.7. The van der Waals surface area contributed by atoms with Gasteiger partial charge in [0, 0.05) is 6.42 Å². The number of nitrogens with zero attached hydrogens (tertiary/aromatic N) is 1. The fourth-order valence-electron chi connectivity index (χ4n) is 2.36. The molecule has 0 spiro atoms. The summed E-state index contributed by atoms with van der Waals surface area (Å²) in [5, 5.41) is 11.0. The van der Waals surface area contributed by atoms with Crippen LogP contribution in [-0.2, 0) is 30.4 Å². The van der Waals surface area contributed by atoms with Gasteiger partial charge in [-0.15, -0.1) is 0 Å². The first-order chi connectivity index (χ1) is 14.9. The van der Waals surface area contributed by atoms with Gasteiger partial charge in [0.05, 0.1) is 5.71 Å². The van der Waals surface area contributed by atoms with E-state index in [1.807, 2.05) is 18.2 Å². The van der Waals surface area contributed by atoms with Crippen molar-refractivity contribution in [2.75, 3.05) is 6.54 Å². The summed E-state index contributed by atoms with van der Waals surface area (Å²) < 4.78 is 5.14. The number of nitrogens with one attached hydrogen (secondary N) is 3. The van der Waals surface area contributed by atoms with Crippen LogP contribution in [0.4, 0.5) is 4.79 Å². The lowest BCUT2D eigenvalue weighted by atomic mass is 10.0. The van der Waals surface area contributed by atoms with Crippen molar-refractivity contribution in [2.24, 2.45) is 5.16 Å². The minimum atomic E-state index is -0.989. The first-order valence-electron chi connectivity index (χ1n) is 10.2. The molecule has 3 amide bonds. The summed E-state index contributed by atoms with van der Waals surface area (Å²) in [5.41, 5.74) is 0.630. The number of alkyl carbamates (subject to hydrolysis) is 1. The molecule has 32 heavy (non-hydrogen) atoms. The fraction of sp³-hybridized carbons (Fsp3) is 0.500. The van der Waals surface area contributed by atoms with Crippen molar-refractivity contribution in [3.05, 3.63) is 35.9 Å². The van der Waals surface area contributed by atoms with Gasteiger partial charge in [-0.3, -0.25) is 9.59 Å². The highest BCUT2D eigenvalue weighted by molar-refractivity contribution is 5.92. The monoisotopic (exact) mass is 448 g/mol. The van der Waals surface area contributed by atoms with Gasteiger partial charge in [0.2, 0.25) is 11.8 Å². The van der Waals surface area contributed by atoms with E-state index in [-0.39, 0.29) is 6.42 Å². The van der Waals surface area contributed by atoms with Gasteiger partial charge in [0.25, 0.3) is 0 Å². The molecule has 10 heteroatoms. The highest BCUT2D eigenvalue weighted by atomic mass is 16.7. The van der Waals surface area contributed by atoms with Gasteiger partial charge in [-0.1, -0.05) is 35.5 Å². The first kappa shape index (κ1) is 26.6. The number of benzene rings is 1. The smallest absolute Gasteiger partial charge is 0.408 e. The van der Waals surface area contributed by atoms with Gasteiger partial charge in [-0.05, 0) is 47.1 Å². The number of hydrogen-bond donors (Lipinski definition) is 3. The van der Waals surface area contributed by atoms with Gasteiger partial charge in [0.15, 0.2) is 0 Å². The van der Waals surface area contributed by atoms with Crippen molar-refractivity contribution in [3.63, 3.8) is 0 Å². The zero-order valence-electron chi connectivity index (χ0n) is 19.4. The van der Waals surface area contributed by atoms with Crippen LogP contribution in [0.3, 0.4) is 0 Å². The van der Waals surface area contributed by atoms with Crippen LogP contribution in [-0.4, -0.2) is 53.8 Å². The van der Waals surface area contributed by atoms with Crippen LogP contribution in [0.1, 0.15) is 47.1 Å². The number of carbonyl (C=O) groups excluding carboxylic acids is 4. The molecule has 1 aromatic rings. The van der Waals surface area contributed by atoms with Crippen LogP contribution < -0.4 is 16.0 Å². The molecule has 1 rings (SSSR count). The SMILES string of the molecule is CC(C)=NOC(=O)CNC(=O)[C@@H](Cc1ccccc1)NC(=O)[C@H](C)NC(=O)OC(C)(C)C. The predicted octanol–water partition coefficient (Wildman–Crippen LogP) is 1.68. The van der Waals surface area contributed by atoms with Crippen molar-refractivity contribution in [3.8, 4) is 0 Å². The average Bonchev–Trinajstić information content (AvgIpc) is 2.69. The second-order valence-electron chi connectivity index (χ2n) is 8.34. The summed E-state index contributed by atoms with van der Waals surface area (Å²) in [6.45, 7) is 9.48. The van der Waals surface area contributed by atoms with E-state index in [1.165, 1.54) is 6.92 Å². The molecule has 0 bridgehead atoms. The highest BCUT2D eigenvalue weighted by Crippen LogP contribution is 2.07. The van der Waals surface area contributed by atoms with Gasteiger partial charge in [-0.25, -0.2) is 9.59 Å². The molecule has 3 N–H and O–H groups in total. The van der Waals surface area contributed by atoms with E-state index < -0.39 is 48.1 Å². The highest BCUT2D eigenvalue weighted by Gasteiger charge is 2.26. The number of ether oxygens (including phenoxy) is 1. The molecule has 0 saturated heterocycles. The molecular formula is C22H32N4O6. The molecule has 0 fully saturated rings. The van der Waals surface area contributed by atoms with Crippen molar-refractivity contribution in [2.45, 2.75) is 65.6 Å². The van der Waals surface area contributed by atoms with Crippen molar-refractivity contribution in [1.29, 1.82) is 0 Å². The van der Waals surface area contributed by atoms with Crippen LogP contribution in [0.5, 0.6) is 0 Å². The summed E-state index contributed by atoms with van der Waals surface area (Å²) in [6.07, 6.45) is -0.572. The minimum Gasteiger partial charge on any atom is -0.444 e. The molecule has 0 aliphatic heterocycles. The van der Waals surface area contributed by atoms with Crippen LogP contribution in [0.2, 0.25) is 0 Å². The Kier molecular flexibility index (Phi) is 10.3. The van der Waals surface area contributed by atoms with Crippen LogP contribution in [0, 0.1) is 0 Å². The molecule has 0 aliphatic carbocycles. The third-order valence-electron chi connectivity index (χ3n) is 3.78. The maximum Gasteiger partial charge on any atom is 0.408 e. The molecule has 2 atom stereocenters. The Labute approximate surface area is 188 Å². The van der Waals surface area contributed by atoms with Crippen molar-refractivity contribution >= 4 is 29.6 Å². The van der Waals surface area contributed by atoms with E-state index in [0.717, 1.165) is 5.56 Å². The van der Waals surface area contributed by atoms with E-state index in [0.29, 0.717) is 5.71 Å². The van der Waals surface area contributed by atoms with Gasteiger partial charge >= 0.3 is 12.1 Å². The lowest BCUT2D eigenvalue weighted by Crippen LogP contribution is -2.54. The summed E-state index contributed by atoms with van der Waals surface area (Å²) in [5.74, 6) is -1.91. The van der Waals surface area contributed by atoms with Crippen LogP contribution in [0.25, 0.3) is 0 Å². The van der Waals surface area contributed by atoms with E-state index in [1.54, 1.807) is 46.8 Å². The Hall–Kier alpha value is -3.43. The number of rotatable bonds is 9. The van der Waals surface area contributed by atoms with Gasteiger partial charge in [0.1, 0.15) is 24.2 Å². The molecule has 0 saturated carbocycles. The van der Waals surface area contributed by atoms with Crippen LogP contribution in [0.15, 0.2) is 35.5 Å². The summed E-state index contributed by atoms with van der Waals surface area (Å²) in [6, 6.07) is 7.11. The van der Waals surface area contributed by atoms with Gasteiger partial charge in [-0.2, -0.15) is 0 Å². The molecule has 1 aromatic carbocycles. The number of oxime groups is 1. The number of carbonyl (C=O) groups is 4. The topological polar surface area (TPSA) is 135 Å². The maximum atomic E-state index is 12.7. The third kappa shape index (κ3) is 11.1. The van der Waals surface area contributed by atoms with Crippen molar-refractivity contribution in [1.82, 2.24) is 16.0 Å². The molecular weight excluding hydrogens is 416 g/mol. The molecule has 176 valence electrons. The largest absolute Gasteiger partial charge is 0.444 e. The van der Waals surface area contributed by atoms with E-state index in [4.69, 9.17) is 4.74 Å². The Morgan fingerprint density at radius 2 is 1.62 bits per heavy atom. The van der Waals surface area contributed by atoms with E-state index in [9.17, 15) is 19.2 Å². The first-order valence-corrected chi connectivity index (χ1v) is 10.2. The average molecular weight is 449 g/mol. The number of amides is 3. The predicted molar refractivity (Wildman–Crippen MR) is 119 cm³/mol. The van der Waals surface area contributed by atoms with E-state index in [2.05, 4.69) is 25.9 Å². The third-order valence-corrected chi connectivity index (χ3v) is 3.78. The Morgan fingerprint density at radius 3 is 2.19 bits per heavy atom. The zero-order valence-corrected chi connectivity index (χ0v) is 19.4. The summed E-state index contributed by atoms with van der Waals surface area (Å²) >= 11 is 0. The lowest BCUT2D eigenvalue weighted by Gasteiger charge is -2.23. The Bertz CT molecular complexity index is 829. The molecule has 0 heterocycles. The normalized spacial score (nSPS) is 12.6. The van der Waals surface area contributed by atoms with Crippen LogP contribution >= 0.6 is 0 Å². The Morgan fingerprint density at radius 1 is 1.00 bits per heavy atom. The second kappa shape index (κ2) is 12.4. The summed E-state index contributed by atoms with van der Waals surface area (Å²) in [4.78, 5) is 53.5. The van der Waals surface area contributed by atoms with Crippen molar-refractivity contribution < 1.29 is 28.8 Å². The molecule has 0 aromatic heterocycles. The van der Waals surface area contributed by atoms with E-state index >= 15 is 0 Å². The minimum absolute atomic E-state index is 0.179. The Balaban J connectivity index is 2.79. The number of hydrogen-bond acceptors (Lipinski definition) is 7. The standard InChI is InChI=1S/C22H32N4O6/c1-14(2)26-32-18(27)13-23-20(29)17(12-16-10-8-7-9-11-16)25-19(28)15(3)24-21(30)31-22(4,5)6/h7-11,15,17H,12-13H2,1-6H3,(H,23,29)(H,24,30)(H,25,28)/t15-,17+/m0/s1. The summed E-state index contributed by atoms with van der Waals surface area (Å²) in [7, 11) is 0. The second-order valence-corrected chi connectivity index (χ2v) is 8.34. The fourth-order valence-corrected chi connectivity index (χ4v) is 2.36.